The highest BCUT2D eigenvalue weighted by molar-refractivity contribution is 5.73. The van der Waals surface area contributed by atoms with Crippen molar-refractivity contribution in [1.29, 1.82) is 0 Å². The highest BCUT2D eigenvalue weighted by Gasteiger charge is 2.46. The highest BCUT2D eigenvalue weighted by Crippen LogP contribution is 2.22. The summed E-state index contributed by atoms with van der Waals surface area (Å²) in [6.07, 6.45) is -5.11. The summed E-state index contributed by atoms with van der Waals surface area (Å²) in [6, 6.07) is -1.09. The third-order valence-corrected chi connectivity index (χ3v) is 2.54. The molecule has 0 saturated carbocycles. The van der Waals surface area contributed by atoms with Crippen LogP contribution < -0.4 is 5.32 Å². The molecule has 4 N–H and O–H groups in total. The van der Waals surface area contributed by atoms with E-state index in [2.05, 4.69) is 5.32 Å². The number of nitrogens with one attached hydrogen (secondary N) is 1. The summed E-state index contributed by atoms with van der Waals surface area (Å²) in [5, 5.41) is 30.8. The fourth-order valence-electron chi connectivity index (χ4n) is 1.80. The Labute approximate surface area is 104 Å². The number of carbonyl (C=O) groups excluding carboxylic acids is 2. The molecule has 0 aromatic carbocycles. The maximum atomic E-state index is 11.0. The van der Waals surface area contributed by atoms with E-state index < -0.39 is 49.1 Å². The fourth-order valence-corrected chi connectivity index (χ4v) is 1.80. The van der Waals surface area contributed by atoms with Gasteiger partial charge in [-0.25, -0.2) is 0 Å². The average Bonchev–Trinajstić information content (AvgIpc) is 2.27. The maximum absolute atomic E-state index is 11.0. The van der Waals surface area contributed by atoms with Gasteiger partial charge in [0.15, 0.2) is 12.4 Å². The zero-order valence-electron chi connectivity index (χ0n) is 10.1. The van der Waals surface area contributed by atoms with Gasteiger partial charge in [0.1, 0.15) is 18.2 Å². The number of ether oxygens (including phenoxy) is 2. The number of carbonyl (C=O) groups is 2. The van der Waals surface area contributed by atoms with Gasteiger partial charge in [-0.05, 0) is 0 Å². The van der Waals surface area contributed by atoms with Crippen molar-refractivity contribution in [3.05, 3.63) is 0 Å². The van der Waals surface area contributed by atoms with Crippen molar-refractivity contribution in [1.82, 2.24) is 5.32 Å². The molecule has 1 fully saturated rings. The smallest absolute Gasteiger partial charge is 0.303 e. The van der Waals surface area contributed by atoms with Crippen molar-refractivity contribution in [3.63, 3.8) is 0 Å². The van der Waals surface area contributed by atoms with Gasteiger partial charge in [0, 0.05) is 13.8 Å². The Morgan fingerprint density at radius 2 is 1.94 bits per heavy atom. The van der Waals surface area contributed by atoms with Gasteiger partial charge in [-0.3, -0.25) is 9.59 Å². The van der Waals surface area contributed by atoms with Crippen LogP contribution in [0.3, 0.4) is 0 Å². The second-order valence-electron chi connectivity index (χ2n) is 4.04. The summed E-state index contributed by atoms with van der Waals surface area (Å²) in [6.45, 7) is 1.79. The molecule has 8 heteroatoms. The normalized spacial score (nSPS) is 35.9. The van der Waals surface area contributed by atoms with Crippen LogP contribution in [0.4, 0.5) is 0 Å². The first kappa shape index (κ1) is 14.8. The van der Waals surface area contributed by atoms with Crippen molar-refractivity contribution >= 4 is 11.9 Å². The van der Waals surface area contributed by atoms with Crippen LogP contribution in [0.25, 0.3) is 0 Å². The summed E-state index contributed by atoms with van der Waals surface area (Å²) in [7, 11) is 0. The minimum Gasteiger partial charge on any atom is -0.457 e. The average molecular weight is 263 g/mol. The first-order valence-corrected chi connectivity index (χ1v) is 5.43. The molecular weight excluding hydrogens is 246 g/mol. The van der Waals surface area contributed by atoms with E-state index in [0.717, 1.165) is 6.92 Å². The molecule has 1 rings (SSSR count). The number of hydrogen-bond acceptors (Lipinski definition) is 7. The molecule has 5 atom stereocenters. The Bertz CT molecular complexity index is 321. The lowest BCUT2D eigenvalue weighted by Crippen LogP contribution is -2.65. The van der Waals surface area contributed by atoms with E-state index in [1.54, 1.807) is 0 Å². The van der Waals surface area contributed by atoms with Gasteiger partial charge in [0.05, 0.1) is 6.61 Å². The zero-order chi connectivity index (χ0) is 13.9. The van der Waals surface area contributed by atoms with Gasteiger partial charge in [0.25, 0.3) is 0 Å². The van der Waals surface area contributed by atoms with Gasteiger partial charge in [0.2, 0.25) is 5.91 Å². The van der Waals surface area contributed by atoms with Crippen molar-refractivity contribution < 1.29 is 34.4 Å². The molecule has 1 amide bonds. The topological polar surface area (TPSA) is 125 Å². The van der Waals surface area contributed by atoms with Crippen LogP contribution in [-0.2, 0) is 19.1 Å². The summed E-state index contributed by atoms with van der Waals surface area (Å²) in [5.74, 6) is -1.16. The molecule has 0 bridgehead atoms. The fraction of sp³-hybridized carbons (Fsp3) is 0.800. The standard InChI is InChI=1S/C10H17NO7/c1-4(13)11-7-9(17-5(2)14)8(15)6(3-12)18-10(7)16/h6-10,12,15-16H,3H2,1-2H3,(H,11,13)/t6-,7-,8+,9-,10?/m1/s1. The van der Waals surface area contributed by atoms with Crippen LogP contribution in [0.1, 0.15) is 13.8 Å². The molecule has 0 aromatic heterocycles. The first-order chi connectivity index (χ1) is 8.36. The number of aliphatic hydroxyl groups is 3. The Kier molecular flexibility index (Phi) is 5.03. The minimum atomic E-state index is -1.49. The molecule has 8 nitrogen and oxygen atoms in total. The lowest BCUT2D eigenvalue weighted by atomic mass is 9.96. The predicted molar refractivity (Wildman–Crippen MR) is 57.1 cm³/mol. The van der Waals surface area contributed by atoms with E-state index in [4.69, 9.17) is 14.6 Å². The van der Waals surface area contributed by atoms with Gasteiger partial charge >= 0.3 is 5.97 Å². The number of aliphatic hydroxyl groups excluding tert-OH is 3. The van der Waals surface area contributed by atoms with E-state index in [0.29, 0.717) is 0 Å². The van der Waals surface area contributed by atoms with Crippen LogP contribution in [0.2, 0.25) is 0 Å². The minimum absolute atomic E-state index is 0.477. The third-order valence-electron chi connectivity index (χ3n) is 2.54. The maximum Gasteiger partial charge on any atom is 0.303 e. The SMILES string of the molecule is CC(=O)N[C@H]1C(O)O[C@H](CO)[C@H](O)[C@@H]1OC(C)=O. The van der Waals surface area contributed by atoms with Gasteiger partial charge < -0.3 is 30.1 Å². The quantitative estimate of drug-likeness (QED) is 0.414. The molecule has 18 heavy (non-hydrogen) atoms. The molecule has 1 saturated heterocycles. The number of amides is 1. The van der Waals surface area contributed by atoms with Crippen LogP contribution >= 0.6 is 0 Å². The van der Waals surface area contributed by atoms with Crippen LogP contribution in [0, 0.1) is 0 Å². The van der Waals surface area contributed by atoms with E-state index in [1.165, 1.54) is 6.92 Å². The molecular formula is C10H17NO7. The van der Waals surface area contributed by atoms with Crippen LogP contribution in [0.15, 0.2) is 0 Å². The molecule has 0 aliphatic carbocycles. The Morgan fingerprint density at radius 1 is 1.33 bits per heavy atom. The lowest BCUT2D eigenvalue weighted by Gasteiger charge is -2.41. The molecule has 1 heterocycles. The van der Waals surface area contributed by atoms with E-state index in [9.17, 15) is 19.8 Å². The number of hydrogen-bond donors (Lipinski definition) is 4. The van der Waals surface area contributed by atoms with Crippen molar-refractivity contribution in [2.75, 3.05) is 6.61 Å². The molecule has 0 aromatic rings. The monoisotopic (exact) mass is 263 g/mol. The van der Waals surface area contributed by atoms with Crippen LogP contribution in [-0.4, -0.2) is 64.4 Å². The highest BCUT2D eigenvalue weighted by atomic mass is 16.6. The second-order valence-corrected chi connectivity index (χ2v) is 4.04. The van der Waals surface area contributed by atoms with Crippen molar-refractivity contribution in [2.45, 2.75) is 44.5 Å². The van der Waals surface area contributed by atoms with E-state index >= 15 is 0 Å². The predicted octanol–water partition coefficient (Wildman–Crippen LogP) is -2.51. The third kappa shape index (κ3) is 3.39. The molecule has 0 radical (unpaired) electrons. The van der Waals surface area contributed by atoms with E-state index in [-0.39, 0.29) is 0 Å². The molecule has 1 aliphatic heterocycles. The summed E-state index contributed by atoms with van der Waals surface area (Å²) in [5.41, 5.74) is 0. The lowest BCUT2D eigenvalue weighted by molar-refractivity contribution is -0.258. The van der Waals surface area contributed by atoms with Crippen molar-refractivity contribution in [3.8, 4) is 0 Å². The summed E-state index contributed by atoms with van der Waals surface area (Å²) < 4.78 is 9.79. The van der Waals surface area contributed by atoms with Crippen LogP contribution in [0.5, 0.6) is 0 Å². The molecule has 104 valence electrons. The summed E-state index contributed by atoms with van der Waals surface area (Å²) >= 11 is 0. The van der Waals surface area contributed by atoms with Gasteiger partial charge in [-0.2, -0.15) is 0 Å². The second kappa shape index (κ2) is 6.10. The number of rotatable bonds is 3. The molecule has 1 aliphatic rings. The largest absolute Gasteiger partial charge is 0.457 e. The number of esters is 1. The van der Waals surface area contributed by atoms with Gasteiger partial charge in [-0.1, -0.05) is 0 Å². The van der Waals surface area contributed by atoms with Gasteiger partial charge in [-0.15, -0.1) is 0 Å². The Balaban J connectivity index is 2.89. The van der Waals surface area contributed by atoms with E-state index in [1.807, 2.05) is 0 Å². The van der Waals surface area contributed by atoms with Crippen molar-refractivity contribution in [2.24, 2.45) is 0 Å². The summed E-state index contributed by atoms with van der Waals surface area (Å²) in [4.78, 5) is 22.0. The zero-order valence-corrected chi connectivity index (χ0v) is 10.1. The molecule has 1 unspecified atom stereocenters. The molecule has 0 spiro atoms. The first-order valence-electron chi connectivity index (χ1n) is 5.43. The Morgan fingerprint density at radius 3 is 2.39 bits per heavy atom. The Hall–Kier alpha value is -1.22.